The van der Waals surface area contributed by atoms with Crippen molar-refractivity contribution in [2.75, 3.05) is 13.2 Å². The Morgan fingerprint density at radius 1 is 1.50 bits per heavy atom. The summed E-state index contributed by atoms with van der Waals surface area (Å²) < 4.78 is 16.5. The molecule has 1 atom stereocenters. The second-order valence-corrected chi connectivity index (χ2v) is 4.55. The Bertz CT molecular complexity index is 291. The van der Waals surface area contributed by atoms with Gasteiger partial charge in [-0.3, -0.25) is 0 Å². The number of carbonyl (C=O) groups is 1. The molecule has 16 heavy (non-hydrogen) atoms. The Kier molecular flexibility index (Phi) is 3.30. The van der Waals surface area contributed by atoms with Gasteiger partial charge in [0.15, 0.2) is 5.79 Å². The van der Waals surface area contributed by atoms with Crippen molar-refractivity contribution in [3.63, 3.8) is 0 Å². The molecule has 0 radical (unpaired) electrons. The Balaban J connectivity index is 1.77. The van der Waals surface area contributed by atoms with Gasteiger partial charge in [0.05, 0.1) is 6.61 Å². The van der Waals surface area contributed by atoms with Crippen LogP contribution in [0.4, 0.5) is 0 Å². The molecule has 1 aliphatic heterocycles. The van der Waals surface area contributed by atoms with Gasteiger partial charge in [-0.1, -0.05) is 6.58 Å². The zero-order chi connectivity index (χ0) is 11.6. The van der Waals surface area contributed by atoms with E-state index in [1.807, 2.05) is 0 Å². The minimum Gasteiger partial charge on any atom is -0.459 e. The van der Waals surface area contributed by atoms with Gasteiger partial charge in [0.2, 0.25) is 0 Å². The highest BCUT2D eigenvalue weighted by molar-refractivity contribution is 5.86. The maximum atomic E-state index is 11.2. The van der Waals surface area contributed by atoms with Crippen molar-refractivity contribution in [2.45, 2.75) is 44.5 Å². The lowest BCUT2D eigenvalue weighted by molar-refractivity contribution is -0.170. The molecule has 0 aromatic rings. The largest absolute Gasteiger partial charge is 0.459 e. The van der Waals surface area contributed by atoms with Gasteiger partial charge in [0.25, 0.3) is 0 Å². The summed E-state index contributed by atoms with van der Waals surface area (Å²) in [5, 5.41) is 0. The molecule has 0 N–H and O–H groups in total. The molecular formula is C12H18O4. The summed E-state index contributed by atoms with van der Waals surface area (Å²) in [5.41, 5.74) is 0.412. The summed E-state index contributed by atoms with van der Waals surface area (Å²) in [4.78, 5) is 11.2. The molecule has 0 bridgehead atoms. The maximum Gasteiger partial charge on any atom is 0.333 e. The minimum absolute atomic E-state index is 0.124. The number of rotatable bonds is 3. The van der Waals surface area contributed by atoms with Crippen LogP contribution in [0.1, 0.15) is 32.6 Å². The van der Waals surface area contributed by atoms with Crippen LogP contribution in [0.5, 0.6) is 0 Å². The van der Waals surface area contributed by atoms with Gasteiger partial charge < -0.3 is 14.2 Å². The van der Waals surface area contributed by atoms with Crippen LogP contribution in [-0.4, -0.2) is 31.1 Å². The molecular weight excluding hydrogens is 208 g/mol. The van der Waals surface area contributed by atoms with Gasteiger partial charge in [-0.2, -0.15) is 0 Å². The van der Waals surface area contributed by atoms with E-state index >= 15 is 0 Å². The van der Waals surface area contributed by atoms with Crippen molar-refractivity contribution in [3.05, 3.63) is 12.2 Å². The third kappa shape index (κ3) is 2.44. The van der Waals surface area contributed by atoms with Crippen LogP contribution in [0, 0.1) is 0 Å². The van der Waals surface area contributed by atoms with Gasteiger partial charge in [0.1, 0.15) is 12.7 Å². The molecule has 90 valence electrons. The summed E-state index contributed by atoms with van der Waals surface area (Å²) in [6.45, 7) is 5.93. The fraction of sp³-hybridized carbons (Fsp3) is 0.750. The molecule has 0 aromatic carbocycles. The fourth-order valence-corrected chi connectivity index (χ4v) is 2.17. The van der Waals surface area contributed by atoms with Crippen LogP contribution >= 0.6 is 0 Å². The van der Waals surface area contributed by atoms with Gasteiger partial charge in [-0.25, -0.2) is 4.79 Å². The molecule has 4 heteroatoms. The van der Waals surface area contributed by atoms with Crippen LogP contribution in [-0.2, 0) is 19.0 Å². The smallest absolute Gasteiger partial charge is 0.333 e. The normalized spacial score (nSPS) is 27.2. The molecule has 2 rings (SSSR count). The van der Waals surface area contributed by atoms with Crippen LogP contribution in [0.15, 0.2) is 12.2 Å². The Hall–Kier alpha value is -0.870. The highest BCUT2D eigenvalue weighted by Crippen LogP contribution is 2.39. The summed E-state index contributed by atoms with van der Waals surface area (Å²) >= 11 is 0. The van der Waals surface area contributed by atoms with Gasteiger partial charge in [-0.15, -0.1) is 0 Å². The van der Waals surface area contributed by atoms with Crippen LogP contribution in [0.3, 0.4) is 0 Å². The number of carbonyl (C=O) groups excluding carboxylic acids is 1. The maximum absolute atomic E-state index is 11.2. The average Bonchev–Trinajstić information content (AvgIpc) is 2.86. The lowest BCUT2D eigenvalue weighted by Crippen LogP contribution is -2.28. The number of hydrogen-bond acceptors (Lipinski definition) is 4. The molecule has 2 fully saturated rings. The Morgan fingerprint density at radius 3 is 2.81 bits per heavy atom. The van der Waals surface area contributed by atoms with E-state index in [0.29, 0.717) is 12.2 Å². The van der Waals surface area contributed by atoms with Crippen LogP contribution in [0.2, 0.25) is 0 Å². The van der Waals surface area contributed by atoms with E-state index in [0.717, 1.165) is 25.7 Å². The molecule has 1 saturated carbocycles. The SMILES string of the molecule is C=C(C)C(=O)OCC1COC2(CCCC2)O1. The lowest BCUT2D eigenvalue weighted by atomic mass is 10.2. The first kappa shape index (κ1) is 11.6. The molecule has 1 unspecified atom stereocenters. The summed E-state index contributed by atoms with van der Waals surface area (Å²) in [6, 6.07) is 0. The third-order valence-corrected chi connectivity index (χ3v) is 3.03. The van der Waals surface area contributed by atoms with Crippen LogP contribution < -0.4 is 0 Å². The zero-order valence-corrected chi connectivity index (χ0v) is 9.66. The predicted octanol–water partition coefficient (Wildman–Crippen LogP) is 1.79. The molecule has 1 saturated heterocycles. The second-order valence-electron chi connectivity index (χ2n) is 4.55. The summed E-state index contributed by atoms with van der Waals surface area (Å²) in [6.07, 6.45) is 4.09. The topological polar surface area (TPSA) is 44.8 Å². The first-order chi connectivity index (χ1) is 7.61. The molecule has 4 nitrogen and oxygen atoms in total. The van der Waals surface area contributed by atoms with Gasteiger partial charge in [0, 0.05) is 18.4 Å². The fourth-order valence-electron chi connectivity index (χ4n) is 2.17. The number of hydrogen-bond donors (Lipinski definition) is 0. The molecule has 1 heterocycles. The number of esters is 1. The highest BCUT2D eigenvalue weighted by atomic mass is 16.8. The van der Waals surface area contributed by atoms with E-state index in [2.05, 4.69) is 6.58 Å². The average molecular weight is 226 g/mol. The summed E-state index contributed by atoms with van der Waals surface area (Å²) in [5.74, 6) is -0.740. The Labute approximate surface area is 95.6 Å². The van der Waals surface area contributed by atoms with E-state index in [4.69, 9.17) is 14.2 Å². The standard InChI is InChI=1S/C12H18O4/c1-9(2)11(13)14-7-10-8-15-12(16-10)5-3-4-6-12/h10H,1,3-8H2,2H3. The highest BCUT2D eigenvalue weighted by Gasteiger charge is 2.43. The molecule has 0 amide bonds. The van der Waals surface area contributed by atoms with E-state index in [-0.39, 0.29) is 24.5 Å². The molecule has 0 aromatic heterocycles. The number of ether oxygens (including phenoxy) is 3. The predicted molar refractivity (Wildman–Crippen MR) is 57.8 cm³/mol. The van der Waals surface area contributed by atoms with Crippen LogP contribution in [0.25, 0.3) is 0 Å². The lowest BCUT2D eigenvalue weighted by Gasteiger charge is -2.21. The van der Waals surface area contributed by atoms with Crippen molar-refractivity contribution < 1.29 is 19.0 Å². The van der Waals surface area contributed by atoms with Crippen molar-refractivity contribution in [1.82, 2.24) is 0 Å². The Morgan fingerprint density at radius 2 is 2.19 bits per heavy atom. The van der Waals surface area contributed by atoms with E-state index < -0.39 is 0 Å². The van der Waals surface area contributed by atoms with Gasteiger partial charge in [-0.05, 0) is 19.8 Å². The quantitative estimate of drug-likeness (QED) is 0.543. The first-order valence-corrected chi connectivity index (χ1v) is 5.76. The molecule has 2 aliphatic rings. The monoisotopic (exact) mass is 226 g/mol. The van der Waals surface area contributed by atoms with Gasteiger partial charge >= 0.3 is 5.97 Å². The zero-order valence-electron chi connectivity index (χ0n) is 9.66. The van der Waals surface area contributed by atoms with E-state index in [9.17, 15) is 4.79 Å². The van der Waals surface area contributed by atoms with E-state index in [1.54, 1.807) is 6.92 Å². The van der Waals surface area contributed by atoms with Crippen molar-refractivity contribution in [2.24, 2.45) is 0 Å². The molecule has 1 spiro atoms. The first-order valence-electron chi connectivity index (χ1n) is 5.76. The second kappa shape index (κ2) is 4.55. The van der Waals surface area contributed by atoms with Crippen molar-refractivity contribution >= 4 is 5.97 Å². The molecule has 1 aliphatic carbocycles. The van der Waals surface area contributed by atoms with Crippen molar-refractivity contribution in [1.29, 1.82) is 0 Å². The third-order valence-electron chi connectivity index (χ3n) is 3.03. The van der Waals surface area contributed by atoms with E-state index in [1.165, 1.54) is 0 Å². The van der Waals surface area contributed by atoms with Crippen molar-refractivity contribution in [3.8, 4) is 0 Å². The summed E-state index contributed by atoms with van der Waals surface area (Å²) in [7, 11) is 0. The minimum atomic E-state index is -0.375.